The van der Waals surface area contributed by atoms with Gasteiger partial charge in [-0.3, -0.25) is 9.59 Å². The largest absolute Gasteiger partial charge is 0.416 e. The topological polar surface area (TPSA) is 114 Å². The summed E-state index contributed by atoms with van der Waals surface area (Å²) in [6, 6.07) is 5.90. The number of carbonyl (C=O) groups is 2. The van der Waals surface area contributed by atoms with E-state index < -0.39 is 33.9 Å². The molecule has 13 heteroatoms. The van der Waals surface area contributed by atoms with Gasteiger partial charge in [0.2, 0.25) is 11.8 Å². The Morgan fingerprint density at radius 3 is 2.43 bits per heavy atom. The first-order valence-electron chi connectivity index (χ1n) is 12.4. The highest BCUT2D eigenvalue weighted by atomic mass is 32.2. The van der Waals surface area contributed by atoms with Gasteiger partial charge in [0.15, 0.2) is 0 Å². The van der Waals surface area contributed by atoms with E-state index in [2.05, 4.69) is 11.4 Å². The minimum Gasteiger partial charge on any atom is -0.350 e. The lowest BCUT2D eigenvalue weighted by molar-refractivity contribution is -0.144. The molecule has 37 heavy (non-hydrogen) atoms. The summed E-state index contributed by atoms with van der Waals surface area (Å²) in [4.78, 5) is 28.2. The molecule has 1 saturated carbocycles. The predicted molar refractivity (Wildman–Crippen MR) is 124 cm³/mol. The highest BCUT2D eigenvalue weighted by Crippen LogP contribution is 2.48. The van der Waals surface area contributed by atoms with Crippen LogP contribution in [0.1, 0.15) is 36.8 Å². The molecule has 4 atom stereocenters. The number of piperidine rings is 2. The number of nitrogens with zero attached hydrogens (tertiary/aromatic N) is 4. The van der Waals surface area contributed by atoms with Crippen molar-refractivity contribution in [3.8, 4) is 6.07 Å². The van der Waals surface area contributed by atoms with Crippen molar-refractivity contribution >= 4 is 22.0 Å². The Bertz CT molecular complexity index is 1210. The number of benzene rings is 1. The third-order valence-corrected chi connectivity index (χ3v) is 9.76. The van der Waals surface area contributed by atoms with Gasteiger partial charge in [-0.05, 0) is 49.3 Å². The van der Waals surface area contributed by atoms with Crippen LogP contribution in [0.5, 0.6) is 0 Å². The van der Waals surface area contributed by atoms with Crippen LogP contribution in [0.15, 0.2) is 24.3 Å². The molecular weight excluding hydrogens is 511 g/mol. The van der Waals surface area contributed by atoms with Gasteiger partial charge in [0.25, 0.3) is 10.2 Å². The van der Waals surface area contributed by atoms with E-state index in [0.717, 1.165) is 18.6 Å². The van der Waals surface area contributed by atoms with Crippen molar-refractivity contribution in [3.63, 3.8) is 0 Å². The summed E-state index contributed by atoms with van der Waals surface area (Å²) >= 11 is 0. The standard InChI is InChI=1S/C24H28F3N5O4S/c25-24(26,27)19-5-3-15(4-6-19)11-29-22(33)21-9-18-8-20(18)32(21)23(34)17-2-1-7-30(14-17)37(35,36)31-12-16(10-28)13-31/h3-6,16-18,20-21H,1-2,7-9,11-14H2,(H,29,33)/t17-,18+,20+,21-/m0/s1. The van der Waals surface area contributed by atoms with Crippen LogP contribution in [-0.2, 0) is 32.5 Å². The molecule has 200 valence electrons. The van der Waals surface area contributed by atoms with Gasteiger partial charge in [0, 0.05) is 38.8 Å². The molecule has 1 aromatic rings. The Kier molecular flexibility index (Phi) is 6.70. The zero-order valence-electron chi connectivity index (χ0n) is 20.0. The Hall–Kier alpha value is -2.69. The van der Waals surface area contributed by atoms with Crippen molar-refractivity contribution in [3.05, 3.63) is 35.4 Å². The van der Waals surface area contributed by atoms with Gasteiger partial charge >= 0.3 is 6.18 Å². The van der Waals surface area contributed by atoms with Crippen LogP contribution in [0.4, 0.5) is 13.2 Å². The van der Waals surface area contributed by atoms with Gasteiger partial charge in [-0.2, -0.15) is 35.5 Å². The number of hydrogen-bond acceptors (Lipinski definition) is 5. The summed E-state index contributed by atoms with van der Waals surface area (Å²) in [6.45, 7) is 0.710. The number of nitriles is 1. The van der Waals surface area contributed by atoms with E-state index in [1.54, 1.807) is 4.90 Å². The van der Waals surface area contributed by atoms with Crippen molar-refractivity contribution < 1.29 is 31.2 Å². The summed E-state index contributed by atoms with van der Waals surface area (Å²) in [5.41, 5.74) is -0.252. The van der Waals surface area contributed by atoms with Crippen LogP contribution in [0.25, 0.3) is 0 Å². The molecule has 5 rings (SSSR count). The van der Waals surface area contributed by atoms with Crippen LogP contribution < -0.4 is 5.32 Å². The molecule has 0 unspecified atom stereocenters. The minimum absolute atomic E-state index is 0.0342. The SMILES string of the molecule is N#CC1CN(S(=O)(=O)N2CCC[C@H](C(=O)N3[C@@H]4C[C@@H]4C[C@H]3C(=O)NCc3ccc(C(F)(F)F)cc3)C2)C1. The van der Waals surface area contributed by atoms with Gasteiger partial charge in [-0.1, -0.05) is 12.1 Å². The smallest absolute Gasteiger partial charge is 0.350 e. The number of rotatable bonds is 6. The number of carbonyl (C=O) groups excluding carboxylic acids is 2. The molecule has 3 saturated heterocycles. The Morgan fingerprint density at radius 2 is 1.78 bits per heavy atom. The second-order valence-electron chi connectivity index (χ2n) is 10.3. The van der Waals surface area contributed by atoms with Crippen molar-refractivity contribution in [2.45, 2.75) is 50.5 Å². The summed E-state index contributed by atoms with van der Waals surface area (Å²) < 4.78 is 66.8. The van der Waals surface area contributed by atoms with Crippen molar-refractivity contribution in [1.82, 2.24) is 18.8 Å². The fraction of sp³-hybridized carbons (Fsp3) is 0.625. The van der Waals surface area contributed by atoms with E-state index in [4.69, 9.17) is 5.26 Å². The molecule has 0 aromatic heterocycles. The highest BCUT2D eigenvalue weighted by molar-refractivity contribution is 7.86. The zero-order chi connectivity index (χ0) is 26.5. The van der Waals surface area contributed by atoms with Gasteiger partial charge in [-0.15, -0.1) is 0 Å². The molecule has 0 bridgehead atoms. The Balaban J connectivity index is 1.20. The summed E-state index contributed by atoms with van der Waals surface area (Å²) in [5.74, 6) is -1.21. The number of nitrogens with one attached hydrogen (secondary N) is 1. The molecule has 9 nitrogen and oxygen atoms in total. The third-order valence-electron chi connectivity index (χ3n) is 7.83. The van der Waals surface area contributed by atoms with Crippen molar-refractivity contribution in [1.29, 1.82) is 5.26 Å². The number of fused-ring (bicyclic) bond motifs is 1. The maximum Gasteiger partial charge on any atom is 0.416 e. The number of halogens is 3. The number of alkyl halides is 3. The maximum atomic E-state index is 13.5. The van der Waals surface area contributed by atoms with E-state index in [9.17, 15) is 31.2 Å². The van der Waals surface area contributed by atoms with Gasteiger partial charge in [-0.25, -0.2) is 0 Å². The van der Waals surface area contributed by atoms with Crippen molar-refractivity contribution in [2.75, 3.05) is 26.2 Å². The lowest BCUT2D eigenvalue weighted by Gasteiger charge is -2.41. The summed E-state index contributed by atoms with van der Waals surface area (Å²) in [6.07, 6.45) is -2.05. The predicted octanol–water partition coefficient (Wildman–Crippen LogP) is 1.72. The van der Waals surface area contributed by atoms with Gasteiger partial charge in [0.1, 0.15) is 6.04 Å². The average molecular weight is 540 g/mol. The number of amides is 2. The molecule has 1 aromatic carbocycles. The number of likely N-dealkylation sites (tertiary alicyclic amines) is 1. The van der Waals surface area contributed by atoms with E-state index >= 15 is 0 Å². The Labute approximate surface area is 213 Å². The molecule has 2 amide bonds. The molecule has 1 aliphatic carbocycles. The molecule has 1 N–H and O–H groups in total. The molecule has 0 radical (unpaired) electrons. The molecule has 3 aliphatic heterocycles. The van der Waals surface area contributed by atoms with E-state index in [0.29, 0.717) is 31.4 Å². The van der Waals surface area contributed by atoms with Crippen molar-refractivity contribution in [2.24, 2.45) is 17.8 Å². The first-order chi connectivity index (χ1) is 17.5. The zero-order valence-corrected chi connectivity index (χ0v) is 20.8. The highest BCUT2D eigenvalue weighted by Gasteiger charge is 2.57. The van der Waals surface area contributed by atoms with Gasteiger partial charge in [0.05, 0.1) is 23.5 Å². The lowest BCUT2D eigenvalue weighted by atomic mass is 9.97. The van der Waals surface area contributed by atoms with Crippen LogP contribution in [-0.4, -0.2) is 72.0 Å². The van der Waals surface area contributed by atoms with Gasteiger partial charge < -0.3 is 10.2 Å². The van der Waals surface area contributed by atoms with E-state index in [1.165, 1.54) is 20.7 Å². The molecule has 3 heterocycles. The van der Waals surface area contributed by atoms with Crippen LogP contribution in [0, 0.1) is 29.1 Å². The number of hydrogen-bond donors (Lipinski definition) is 1. The normalized spacial score (nSPS) is 28.8. The van der Waals surface area contributed by atoms with Crippen LogP contribution in [0.3, 0.4) is 0 Å². The van der Waals surface area contributed by atoms with E-state index in [-0.39, 0.29) is 55.9 Å². The summed E-state index contributed by atoms with van der Waals surface area (Å²) in [7, 11) is -3.75. The molecule has 4 fully saturated rings. The first kappa shape index (κ1) is 25.9. The molecule has 4 aliphatic rings. The van der Waals surface area contributed by atoms with Crippen LogP contribution >= 0.6 is 0 Å². The second-order valence-corrected chi connectivity index (χ2v) is 12.2. The monoisotopic (exact) mass is 539 g/mol. The molecule has 0 spiro atoms. The first-order valence-corrected chi connectivity index (χ1v) is 13.8. The minimum atomic E-state index is -4.43. The quantitative estimate of drug-likeness (QED) is 0.592. The van der Waals surface area contributed by atoms with E-state index in [1.807, 2.05) is 0 Å². The lowest BCUT2D eigenvalue weighted by Crippen LogP contribution is -2.58. The third kappa shape index (κ3) is 5.06. The molecular formula is C24H28F3N5O4S. The Morgan fingerprint density at radius 1 is 1.08 bits per heavy atom. The fourth-order valence-electron chi connectivity index (χ4n) is 5.56. The van der Waals surface area contributed by atoms with Crippen LogP contribution in [0.2, 0.25) is 0 Å². The summed E-state index contributed by atoms with van der Waals surface area (Å²) in [5, 5.41) is 11.7. The second kappa shape index (κ2) is 9.56. The maximum absolute atomic E-state index is 13.5. The average Bonchev–Trinajstić information content (AvgIpc) is 3.50. The fourth-order valence-corrected chi connectivity index (χ4v) is 7.35.